The van der Waals surface area contributed by atoms with Gasteiger partial charge in [-0.05, 0) is 31.9 Å². The molecule has 0 aliphatic heterocycles. The van der Waals surface area contributed by atoms with E-state index in [0.717, 1.165) is 6.07 Å². The maximum absolute atomic E-state index is 11.7. The first kappa shape index (κ1) is 10.8. The lowest BCUT2D eigenvalue weighted by Crippen LogP contribution is -2.17. The molecule has 13 heavy (non-hydrogen) atoms. The van der Waals surface area contributed by atoms with Crippen molar-refractivity contribution < 1.29 is 17.9 Å². The zero-order valence-electron chi connectivity index (χ0n) is 5.90. The molecule has 0 bridgehead atoms. The van der Waals surface area contributed by atoms with Crippen LogP contribution in [0.1, 0.15) is 0 Å². The Bertz CT molecular complexity index is 315. The van der Waals surface area contributed by atoms with Crippen LogP contribution in [0.3, 0.4) is 0 Å². The first-order valence-corrected chi connectivity index (χ1v) is 4.54. The summed E-state index contributed by atoms with van der Waals surface area (Å²) in [6, 6.07) is 1.12. The summed E-state index contributed by atoms with van der Waals surface area (Å²) in [4.78, 5) is 3.41. The van der Waals surface area contributed by atoms with Crippen LogP contribution in [0.25, 0.3) is 0 Å². The Hall–Kier alpha value is -0.300. The van der Waals surface area contributed by atoms with Gasteiger partial charge < -0.3 is 4.74 Å². The van der Waals surface area contributed by atoms with Crippen LogP contribution in [0, 0.1) is 0 Å². The minimum atomic E-state index is -4.71. The van der Waals surface area contributed by atoms with Gasteiger partial charge in [0.1, 0.15) is 0 Å². The summed E-state index contributed by atoms with van der Waals surface area (Å²) in [7, 11) is 0. The van der Waals surface area contributed by atoms with Gasteiger partial charge >= 0.3 is 6.36 Å². The molecule has 0 aromatic carbocycles. The molecule has 0 aliphatic carbocycles. The molecule has 1 rings (SSSR count). The van der Waals surface area contributed by atoms with Crippen molar-refractivity contribution in [2.24, 2.45) is 0 Å². The van der Waals surface area contributed by atoms with Gasteiger partial charge in [0.25, 0.3) is 0 Å². The Labute approximate surface area is 88.4 Å². The van der Waals surface area contributed by atoms with Gasteiger partial charge in [-0.3, -0.25) is 0 Å². The van der Waals surface area contributed by atoms with Crippen molar-refractivity contribution in [3.8, 4) is 5.88 Å². The molecule has 0 unspecified atom stereocenters. The highest BCUT2D eigenvalue weighted by molar-refractivity contribution is 9.13. The topological polar surface area (TPSA) is 22.1 Å². The van der Waals surface area contributed by atoms with Crippen molar-refractivity contribution in [2.45, 2.75) is 6.36 Å². The fourth-order valence-corrected chi connectivity index (χ4v) is 1.09. The molecule has 0 saturated heterocycles. The number of rotatable bonds is 1. The molecule has 1 aromatic heterocycles. The highest BCUT2D eigenvalue weighted by atomic mass is 79.9. The molecule has 0 aliphatic rings. The Balaban J connectivity index is 2.86. The number of nitrogens with zero attached hydrogens (tertiary/aromatic N) is 1. The van der Waals surface area contributed by atoms with E-state index in [1.165, 1.54) is 6.20 Å². The van der Waals surface area contributed by atoms with E-state index >= 15 is 0 Å². The second-order valence-electron chi connectivity index (χ2n) is 1.98. The van der Waals surface area contributed by atoms with Gasteiger partial charge in [0.2, 0.25) is 5.88 Å². The van der Waals surface area contributed by atoms with Crippen LogP contribution >= 0.6 is 31.9 Å². The lowest BCUT2D eigenvalue weighted by molar-refractivity contribution is -0.276. The van der Waals surface area contributed by atoms with Crippen LogP contribution in [-0.4, -0.2) is 11.3 Å². The molecule has 0 amide bonds. The van der Waals surface area contributed by atoms with Crippen LogP contribution in [0.2, 0.25) is 0 Å². The zero-order chi connectivity index (χ0) is 10.1. The quantitative estimate of drug-likeness (QED) is 0.790. The van der Waals surface area contributed by atoms with Crippen molar-refractivity contribution in [1.29, 1.82) is 0 Å². The summed E-state index contributed by atoms with van der Waals surface area (Å²) in [5.41, 5.74) is 0. The molecular formula is C6H2Br2F3NO. The van der Waals surface area contributed by atoms with Gasteiger partial charge in [-0.25, -0.2) is 4.98 Å². The largest absolute Gasteiger partial charge is 0.574 e. The van der Waals surface area contributed by atoms with Gasteiger partial charge in [-0.15, -0.1) is 13.2 Å². The second-order valence-corrected chi connectivity index (χ2v) is 3.69. The summed E-state index contributed by atoms with van der Waals surface area (Å²) in [5, 5.41) is 0. The van der Waals surface area contributed by atoms with E-state index in [-0.39, 0.29) is 0 Å². The summed E-state index contributed by atoms with van der Waals surface area (Å²) in [5.74, 6) is -0.498. The van der Waals surface area contributed by atoms with E-state index in [1.54, 1.807) is 0 Å². The summed E-state index contributed by atoms with van der Waals surface area (Å²) >= 11 is 6.08. The summed E-state index contributed by atoms with van der Waals surface area (Å²) in [6.07, 6.45) is -3.49. The zero-order valence-corrected chi connectivity index (χ0v) is 9.07. The number of halogens is 5. The Morgan fingerprint density at radius 3 is 2.31 bits per heavy atom. The van der Waals surface area contributed by atoms with Crippen molar-refractivity contribution in [2.75, 3.05) is 0 Å². The molecule has 0 fully saturated rings. The minimum absolute atomic E-state index is 0.446. The van der Waals surface area contributed by atoms with E-state index in [0.29, 0.717) is 8.95 Å². The van der Waals surface area contributed by atoms with Gasteiger partial charge in [0.05, 0.1) is 4.47 Å². The Morgan fingerprint density at radius 2 is 1.85 bits per heavy atom. The van der Waals surface area contributed by atoms with E-state index in [2.05, 4.69) is 41.6 Å². The number of hydrogen-bond acceptors (Lipinski definition) is 2. The van der Waals surface area contributed by atoms with Crippen LogP contribution < -0.4 is 4.74 Å². The first-order valence-electron chi connectivity index (χ1n) is 2.95. The van der Waals surface area contributed by atoms with Gasteiger partial charge in [0, 0.05) is 16.7 Å². The molecular weight excluding hydrogens is 319 g/mol. The van der Waals surface area contributed by atoms with E-state index in [9.17, 15) is 13.2 Å². The molecule has 0 spiro atoms. The Morgan fingerprint density at radius 1 is 1.23 bits per heavy atom. The average Bonchev–Trinajstić information content (AvgIpc) is 1.94. The number of pyridine rings is 1. The molecule has 0 N–H and O–H groups in total. The number of aromatic nitrogens is 1. The van der Waals surface area contributed by atoms with Crippen molar-refractivity contribution in [3.63, 3.8) is 0 Å². The molecule has 1 aromatic rings. The fraction of sp³-hybridized carbons (Fsp3) is 0.167. The van der Waals surface area contributed by atoms with E-state index < -0.39 is 12.2 Å². The van der Waals surface area contributed by atoms with Gasteiger partial charge in [0.15, 0.2) is 0 Å². The SMILES string of the molecule is FC(F)(F)Oc1cc(Br)c(Br)cn1. The van der Waals surface area contributed by atoms with E-state index in [4.69, 9.17) is 0 Å². The lowest BCUT2D eigenvalue weighted by Gasteiger charge is -2.07. The molecule has 2 nitrogen and oxygen atoms in total. The second kappa shape index (κ2) is 3.83. The smallest absolute Gasteiger partial charge is 0.388 e. The third-order valence-corrected chi connectivity index (χ3v) is 2.82. The highest BCUT2D eigenvalue weighted by Crippen LogP contribution is 2.27. The molecule has 1 heterocycles. The molecule has 0 saturated carbocycles. The van der Waals surface area contributed by atoms with E-state index in [1.807, 2.05) is 0 Å². The van der Waals surface area contributed by atoms with Crippen LogP contribution in [-0.2, 0) is 0 Å². The predicted molar refractivity (Wildman–Crippen MR) is 46.3 cm³/mol. The standard InChI is InChI=1S/C6H2Br2F3NO/c7-3-1-5(12-2-4(3)8)13-6(9,10)11/h1-2H. The molecule has 0 atom stereocenters. The Kier molecular flexibility index (Phi) is 3.18. The molecule has 0 radical (unpaired) electrons. The highest BCUT2D eigenvalue weighted by Gasteiger charge is 2.31. The number of alkyl halides is 3. The molecule has 7 heteroatoms. The first-order chi connectivity index (χ1) is 5.88. The van der Waals surface area contributed by atoms with Crippen LogP contribution in [0.4, 0.5) is 13.2 Å². The van der Waals surface area contributed by atoms with Crippen LogP contribution in [0.5, 0.6) is 5.88 Å². The molecule has 72 valence electrons. The third kappa shape index (κ3) is 3.51. The third-order valence-electron chi connectivity index (χ3n) is 1.00. The van der Waals surface area contributed by atoms with Gasteiger partial charge in [-0.1, -0.05) is 0 Å². The lowest BCUT2D eigenvalue weighted by atomic mass is 10.5. The van der Waals surface area contributed by atoms with Crippen molar-refractivity contribution in [3.05, 3.63) is 21.2 Å². The maximum Gasteiger partial charge on any atom is 0.574 e. The van der Waals surface area contributed by atoms with Crippen molar-refractivity contribution in [1.82, 2.24) is 4.98 Å². The van der Waals surface area contributed by atoms with Crippen LogP contribution in [0.15, 0.2) is 21.2 Å². The van der Waals surface area contributed by atoms with Gasteiger partial charge in [-0.2, -0.15) is 0 Å². The number of ether oxygens (including phenoxy) is 1. The summed E-state index contributed by atoms with van der Waals surface area (Å²) in [6.45, 7) is 0. The number of hydrogen-bond donors (Lipinski definition) is 0. The maximum atomic E-state index is 11.7. The predicted octanol–water partition coefficient (Wildman–Crippen LogP) is 3.51. The monoisotopic (exact) mass is 319 g/mol. The average molecular weight is 321 g/mol. The van der Waals surface area contributed by atoms with Crippen molar-refractivity contribution >= 4 is 31.9 Å². The fourth-order valence-electron chi connectivity index (χ4n) is 0.571. The normalized spacial score (nSPS) is 11.5. The minimum Gasteiger partial charge on any atom is -0.388 e. The summed E-state index contributed by atoms with van der Waals surface area (Å²) < 4.78 is 39.6.